The zero-order valence-electron chi connectivity index (χ0n) is 8.20. The zero-order valence-corrected chi connectivity index (χ0v) is 11.2. The minimum Gasteiger partial charge on any atom is -0.351 e. The second kappa shape index (κ2) is 7.90. The summed E-state index contributed by atoms with van der Waals surface area (Å²) in [6.07, 6.45) is 0. The highest BCUT2D eigenvalue weighted by Crippen LogP contribution is 2.04. The van der Waals surface area contributed by atoms with Gasteiger partial charge in [0.2, 0.25) is 5.91 Å². The molecule has 1 amide bonds. The van der Waals surface area contributed by atoms with Crippen molar-refractivity contribution in [2.75, 3.05) is 4.43 Å². The minimum absolute atomic E-state index is 0. The number of rotatable bonds is 4. The van der Waals surface area contributed by atoms with Gasteiger partial charge in [-0.2, -0.15) is 0 Å². The molecule has 0 heterocycles. The molecule has 0 aliphatic heterocycles. The molecule has 0 atom stereocenters. The van der Waals surface area contributed by atoms with Crippen molar-refractivity contribution in [3.05, 3.63) is 35.4 Å². The van der Waals surface area contributed by atoms with Gasteiger partial charge in [-0.05, 0) is 11.1 Å². The van der Waals surface area contributed by atoms with Gasteiger partial charge in [0.25, 0.3) is 0 Å². The molecule has 1 aromatic rings. The van der Waals surface area contributed by atoms with E-state index in [0.717, 1.165) is 11.1 Å². The summed E-state index contributed by atoms with van der Waals surface area (Å²) in [4.78, 5) is 11.0. The molecule has 0 fully saturated rings. The maximum absolute atomic E-state index is 11.0. The van der Waals surface area contributed by atoms with Crippen molar-refractivity contribution < 1.29 is 4.79 Å². The van der Waals surface area contributed by atoms with Gasteiger partial charge in [-0.3, -0.25) is 4.79 Å². The van der Waals surface area contributed by atoms with Crippen molar-refractivity contribution in [3.8, 4) is 0 Å². The van der Waals surface area contributed by atoms with Crippen LogP contribution in [0.1, 0.15) is 11.1 Å². The molecule has 5 heteroatoms. The SMILES string of the molecule is Cl.NCc1cccc(CNC(=O)CI)c1. The van der Waals surface area contributed by atoms with E-state index in [1.807, 2.05) is 46.9 Å². The Morgan fingerprint density at radius 3 is 2.67 bits per heavy atom. The van der Waals surface area contributed by atoms with Gasteiger partial charge in [0.15, 0.2) is 0 Å². The Morgan fingerprint density at radius 2 is 2.07 bits per heavy atom. The van der Waals surface area contributed by atoms with Crippen LogP contribution >= 0.6 is 35.0 Å². The third-order valence-electron chi connectivity index (χ3n) is 1.84. The van der Waals surface area contributed by atoms with Gasteiger partial charge >= 0.3 is 0 Å². The fourth-order valence-electron chi connectivity index (χ4n) is 1.11. The van der Waals surface area contributed by atoms with Gasteiger partial charge in [0, 0.05) is 13.1 Å². The van der Waals surface area contributed by atoms with Gasteiger partial charge in [0.1, 0.15) is 0 Å². The molecule has 0 aliphatic carbocycles. The fraction of sp³-hybridized carbons (Fsp3) is 0.300. The summed E-state index contributed by atoms with van der Waals surface area (Å²) in [6.45, 7) is 1.11. The van der Waals surface area contributed by atoms with E-state index in [1.165, 1.54) is 0 Å². The van der Waals surface area contributed by atoms with Crippen LogP contribution in [0.5, 0.6) is 0 Å². The molecule has 0 spiro atoms. The fourth-order valence-corrected chi connectivity index (χ4v) is 1.38. The summed E-state index contributed by atoms with van der Waals surface area (Å²) in [5.41, 5.74) is 7.69. The van der Waals surface area contributed by atoms with Crippen molar-refractivity contribution in [3.63, 3.8) is 0 Å². The Balaban J connectivity index is 0.00000196. The standard InChI is InChI=1S/C10H13IN2O.ClH/c11-5-10(14)13-7-9-3-1-2-8(4-9)6-12;/h1-4H,5-7,12H2,(H,13,14);1H. The highest BCUT2D eigenvalue weighted by atomic mass is 127. The molecule has 84 valence electrons. The van der Waals surface area contributed by atoms with E-state index in [9.17, 15) is 4.79 Å². The smallest absolute Gasteiger partial charge is 0.230 e. The molecule has 0 aliphatic rings. The van der Waals surface area contributed by atoms with Crippen molar-refractivity contribution in [1.82, 2.24) is 5.32 Å². The largest absolute Gasteiger partial charge is 0.351 e. The summed E-state index contributed by atoms with van der Waals surface area (Å²) < 4.78 is 0.494. The monoisotopic (exact) mass is 340 g/mol. The molecule has 0 bridgehead atoms. The Bertz CT molecular complexity index is 320. The molecule has 1 aromatic carbocycles. The predicted octanol–water partition coefficient (Wildman–Crippen LogP) is 1.62. The Hall–Kier alpha value is -0.330. The first-order chi connectivity index (χ1) is 6.76. The normalized spacial score (nSPS) is 9.20. The Morgan fingerprint density at radius 1 is 1.40 bits per heavy atom. The van der Waals surface area contributed by atoms with Crippen LogP contribution in [0, 0.1) is 0 Å². The van der Waals surface area contributed by atoms with Crippen LogP contribution in [0.15, 0.2) is 24.3 Å². The van der Waals surface area contributed by atoms with Crippen molar-refractivity contribution >= 4 is 40.9 Å². The van der Waals surface area contributed by atoms with Crippen molar-refractivity contribution in [1.29, 1.82) is 0 Å². The summed E-state index contributed by atoms with van der Waals surface area (Å²) in [7, 11) is 0. The number of carbonyl (C=O) groups is 1. The van der Waals surface area contributed by atoms with Gasteiger partial charge in [0.05, 0.1) is 4.43 Å². The van der Waals surface area contributed by atoms with Crippen LogP contribution in [0.25, 0.3) is 0 Å². The van der Waals surface area contributed by atoms with Gasteiger partial charge in [-0.25, -0.2) is 0 Å². The number of benzene rings is 1. The molecule has 1 rings (SSSR count). The highest BCUT2D eigenvalue weighted by Gasteiger charge is 1.98. The molecule has 0 saturated carbocycles. The lowest BCUT2D eigenvalue weighted by atomic mass is 10.1. The first-order valence-corrected chi connectivity index (χ1v) is 5.89. The van der Waals surface area contributed by atoms with Crippen molar-refractivity contribution in [2.24, 2.45) is 5.73 Å². The van der Waals surface area contributed by atoms with E-state index in [0.29, 0.717) is 17.5 Å². The predicted molar refractivity (Wildman–Crippen MR) is 72.3 cm³/mol. The second-order valence-corrected chi connectivity index (χ2v) is 3.70. The molecule has 3 nitrogen and oxygen atoms in total. The quantitative estimate of drug-likeness (QED) is 0.646. The summed E-state index contributed by atoms with van der Waals surface area (Å²) in [5.74, 6) is 0.0590. The maximum Gasteiger partial charge on any atom is 0.230 e. The zero-order chi connectivity index (χ0) is 10.4. The van der Waals surface area contributed by atoms with E-state index in [-0.39, 0.29) is 18.3 Å². The van der Waals surface area contributed by atoms with E-state index >= 15 is 0 Å². The number of nitrogens with one attached hydrogen (secondary N) is 1. The van der Waals surface area contributed by atoms with Crippen LogP contribution in [-0.4, -0.2) is 10.3 Å². The average Bonchev–Trinajstić information content (AvgIpc) is 2.26. The third kappa shape index (κ3) is 5.34. The van der Waals surface area contributed by atoms with Gasteiger partial charge in [-0.15, -0.1) is 12.4 Å². The van der Waals surface area contributed by atoms with Gasteiger partial charge < -0.3 is 11.1 Å². The molecule has 0 saturated heterocycles. The number of halogens is 2. The Labute approximate surface area is 109 Å². The van der Waals surface area contributed by atoms with E-state index < -0.39 is 0 Å². The lowest BCUT2D eigenvalue weighted by molar-refractivity contribution is -0.118. The molecular weight excluding hydrogens is 326 g/mol. The lowest BCUT2D eigenvalue weighted by Gasteiger charge is -2.04. The topological polar surface area (TPSA) is 55.1 Å². The molecule has 0 aromatic heterocycles. The first-order valence-electron chi connectivity index (χ1n) is 4.37. The number of amides is 1. The second-order valence-electron chi connectivity index (χ2n) is 2.93. The molecule has 15 heavy (non-hydrogen) atoms. The molecular formula is C10H14ClIN2O. The first kappa shape index (κ1) is 14.7. The average molecular weight is 341 g/mol. The number of carbonyl (C=O) groups excluding carboxylic acids is 1. The molecule has 0 unspecified atom stereocenters. The third-order valence-corrected chi connectivity index (χ3v) is 2.53. The van der Waals surface area contributed by atoms with Crippen LogP contribution < -0.4 is 11.1 Å². The maximum atomic E-state index is 11.0. The van der Waals surface area contributed by atoms with Crippen LogP contribution in [0.3, 0.4) is 0 Å². The van der Waals surface area contributed by atoms with E-state index in [4.69, 9.17) is 5.73 Å². The minimum atomic E-state index is 0. The van der Waals surface area contributed by atoms with E-state index in [1.54, 1.807) is 0 Å². The number of hydrogen-bond donors (Lipinski definition) is 2. The lowest BCUT2D eigenvalue weighted by Crippen LogP contribution is -2.23. The highest BCUT2D eigenvalue weighted by molar-refractivity contribution is 14.1. The van der Waals surface area contributed by atoms with Crippen LogP contribution in [0.4, 0.5) is 0 Å². The summed E-state index contributed by atoms with van der Waals surface area (Å²) >= 11 is 2.04. The molecule has 0 radical (unpaired) electrons. The van der Waals surface area contributed by atoms with Crippen molar-refractivity contribution in [2.45, 2.75) is 13.1 Å². The van der Waals surface area contributed by atoms with E-state index in [2.05, 4.69) is 5.32 Å². The van der Waals surface area contributed by atoms with Crippen LogP contribution in [0.2, 0.25) is 0 Å². The van der Waals surface area contributed by atoms with Gasteiger partial charge in [-0.1, -0.05) is 46.9 Å². The molecule has 3 N–H and O–H groups in total. The summed E-state index contributed by atoms with van der Waals surface area (Å²) in [6, 6.07) is 7.91. The van der Waals surface area contributed by atoms with Crippen LogP contribution in [-0.2, 0) is 17.9 Å². The summed E-state index contributed by atoms with van der Waals surface area (Å²) in [5, 5.41) is 2.81. The number of alkyl halides is 1. The Kier molecular flexibility index (Phi) is 7.72. The number of nitrogens with two attached hydrogens (primary N) is 1. The number of hydrogen-bond acceptors (Lipinski definition) is 2.